The molecule has 1 fully saturated rings. The number of piperidine rings is 1. The molecule has 2 aromatic rings. The lowest BCUT2D eigenvalue weighted by Crippen LogP contribution is -2.35. The first-order valence-electron chi connectivity index (χ1n) is 10.1. The topological polar surface area (TPSA) is 30.9 Å². The van der Waals surface area contributed by atoms with Crippen molar-refractivity contribution in [3.63, 3.8) is 0 Å². The molecule has 0 amide bonds. The van der Waals surface area contributed by atoms with Gasteiger partial charge in [-0.25, -0.2) is 0 Å². The largest absolute Gasteiger partial charge is 0.494 e. The molecule has 0 atom stereocenters. The smallest absolute Gasteiger partial charge is 0.160 e. The van der Waals surface area contributed by atoms with Crippen LogP contribution in [0.2, 0.25) is 10.0 Å². The van der Waals surface area contributed by atoms with Gasteiger partial charge < -0.3 is 19.1 Å². The quantitative estimate of drug-likeness (QED) is 0.500. The van der Waals surface area contributed by atoms with Crippen molar-refractivity contribution in [2.24, 2.45) is 5.92 Å². The third kappa shape index (κ3) is 6.43. The standard InChI is InChI=1S/C23H29Cl2NO3/c1-27-22-6-3-18(15-23(22)28-2)9-13-26-11-7-17(8-12-26)10-14-29-19-4-5-20(24)21(25)16-19/h3-6,15-17H,7-14H2,1-2H3. The van der Waals surface area contributed by atoms with Crippen molar-refractivity contribution < 1.29 is 14.2 Å². The zero-order valence-corrected chi connectivity index (χ0v) is 18.6. The second kappa shape index (κ2) is 11.0. The molecule has 0 radical (unpaired) electrons. The summed E-state index contributed by atoms with van der Waals surface area (Å²) in [6.45, 7) is 4.08. The molecule has 0 spiro atoms. The maximum Gasteiger partial charge on any atom is 0.160 e. The summed E-state index contributed by atoms with van der Waals surface area (Å²) in [7, 11) is 3.34. The summed E-state index contributed by atoms with van der Waals surface area (Å²) < 4.78 is 16.5. The Morgan fingerprint density at radius 3 is 2.38 bits per heavy atom. The van der Waals surface area contributed by atoms with Gasteiger partial charge in [0.05, 0.1) is 30.9 Å². The molecule has 4 nitrogen and oxygen atoms in total. The van der Waals surface area contributed by atoms with Gasteiger partial charge in [0, 0.05) is 12.6 Å². The van der Waals surface area contributed by atoms with E-state index in [2.05, 4.69) is 17.0 Å². The van der Waals surface area contributed by atoms with Crippen LogP contribution in [0.5, 0.6) is 17.2 Å². The van der Waals surface area contributed by atoms with Crippen molar-refractivity contribution in [2.45, 2.75) is 25.7 Å². The lowest BCUT2D eigenvalue weighted by molar-refractivity contribution is 0.164. The van der Waals surface area contributed by atoms with E-state index >= 15 is 0 Å². The molecule has 0 saturated carbocycles. The van der Waals surface area contributed by atoms with Crippen LogP contribution >= 0.6 is 23.2 Å². The Balaban J connectivity index is 1.36. The molecule has 1 aliphatic rings. The number of hydrogen-bond acceptors (Lipinski definition) is 4. The molecule has 3 rings (SSSR count). The highest BCUT2D eigenvalue weighted by Crippen LogP contribution is 2.29. The summed E-state index contributed by atoms with van der Waals surface area (Å²) in [5.41, 5.74) is 1.28. The average Bonchev–Trinajstić information content (AvgIpc) is 2.75. The summed E-state index contributed by atoms with van der Waals surface area (Å²) in [5, 5.41) is 1.09. The Kier molecular flexibility index (Phi) is 8.34. The zero-order chi connectivity index (χ0) is 20.6. The van der Waals surface area contributed by atoms with Gasteiger partial charge in [-0.1, -0.05) is 29.3 Å². The van der Waals surface area contributed by atoms with E-state index in [-0.39, 0.29) is 0 Å². The monoisotopic (exact) mass is 437 g/mol. The highest BCUT2D eigenvalue weighted by atomic mass is 35.5. The molecule has 6 heteroatoms. The molecule has 1 heterocycles. The molecular formula is C23H29Cl2NO3. The predicted octanol–water partition coefficient (Wildman–Crippen LogP) is 5.73. The third-order valence-corrected chi connectivity index (χ3v) is 6.30. The molecule has 29 heavy (non-hydrogen) atoms. The molecule has 0 aromatic heterocycles. The van der Waals surface area contributed by atoms with E-state index < -0.39 is 0 Å². The van der Waals surface area contributed by atoms with Crippen LogP contribution in [0.3, 0.4) is 0 Å². The van der Waals surface area contributed by atoms with Gasteiger partial charge in [-0.2, -0.15) is 0 Å². The van der Waals surface area contributed by atoms with Gasteiger partial charge in [-0.3, -0.25) is 0 Å². The van der Waals surface area contributed by atoms with Crippen LogP contribution in [0.25, 0.3) is 0 Å². The molecular weight excluding hydrogens is 409 g/mol. The average molecular weight is 438 g/mol. The van der Waals surface area contributed by atoms with Gasteiger partial charge in [0.15, 0.2) is 11.5 Å². The summed E-state index contributed by atoms with van der Waals surface area (Å²) in [6.07, 6.45) is 4.53. The van der Waals surface area contributed by atoms with E-state index in [1.54, 1.807) is 26.4 Å². The lowest BCUT2D eigenvalue weighted by atomic mass is 9.93. The van der Waals surface area contributed by atoms with Crippen LogP contribution in [-0.2, 0) is 6.42 Å². The molecule has 0 bridgehead atoms. The fraction of sp³-hybridized carbons (Fsp3) is 0.478. The van der Waals surface area contributed by atoms with Crippen LogP contribution in [0, 0.1) is 5.92 Å². The van der Waals surface area contributed by atoms with Gasteiger partial charge in [0.25, 0.3) is 0 Å². The van der Waals surface area contributed by atoms with E-state index in [0.29, 0.717) is 16.7 Å². The van der Waals surface area contributed by atoms with Gasteiger partial charge in [0.2, 0.25) is 0 Å². The van der Waals surface area contributed by atoms with Gasteiger partial charge in [-0.05, 0) is 74.5 Å². The highest BCUT2D eigenvalue weighted by Gasteiger charge is 2.19. The molecule has 0 N–H and O–H groups in total. The first-order valence-corrected chi connectivity index (χ1v) is 10.9. The molecule has 1 saturated heterocycles. The number of halogens is 2. The van der Waals surface area contributed by atoms with Crippen molar-refractivity contribution in [3.8, 4) is 17.2 Å². The number of ether oxygens (including phenoxy) is 3. The highest BCUT2D eigenvalue weighted by molar-refractivity contribution is 6.42. The van der Waals surface area contributed by atoms with Gasteiger partial charge in [-0.15, -0.1) is 0 Å². The van der Waals surface area contributed by atoms with Crippen LogP contribution < -0.4 is 14.2 Å². The van der Waals surface area contributed by atoms with Gasteiger partial charge >= 0.3 is 0 Å². The third-order valence-electron chi connectivity index (χ3n) is 5.56. The fourth-order valence-corrected chi connectivity index (χ4v) is 4.02. The number of hydrogen-bond donors (Lipinski definition) is 0. The van der Waals surface area contributed by atoms with Crippen molar-refractivity contribution >= 4 is 23.2 Å². The minimum Gasteiger partial charge on any atom is -0.494 e. The normalized spacial score (nSPS) is 15.3. The van der Waals surface area contributed by atoms with Crippen molar-refractivity contribution in [2.75, 3.05) is 40.5 Å². The predicted molar refractivity (Wildman–Crippen MR) is 119 cm³/mol. The lowest BCUT2D eigenvalue weighted by Gasteiger charge is -2.32. The Labute approximate surface area is 183 Å². The van der Waals surface area contributed by atoms with Crippen LogP contribution in [0.1, 0.15) is 24.8 Å². The zero-order valence-electron chi connectivity index (χ0n) is 17.1. The SMILES string of the molecule is COc1ccc(CCN2CCC(CCOc3ccc(Cl)c(Cl)c3)CC2)cc1OC. The number of rotatable bonds is 9. The van der Waals surface area contributed by atoms with Crippen LogP contribution in [-0.4, -0.2) is 45.4 Å². The van der Waals surface area contributed by atoms with Gasteiger partial charge in [0.1, 0.15) is 5.75 Å². The number of likely N-dealkylation sites (tertiary alicyclic amines) is 1. The summed E-state index contributed by atoms with van der Waals surface area (Å²) in [4.78, 5) is 2.55. The van der Waals surface area contributed by atoms with E-state index in [4.69, 9.17) is 37.4 Å². The molecule has 158 valence electrons. The molecule has 0 unspecified atom stereocenters. The van der Waals surface area contributed by atoms with E-state index in [1.807, 2.05) is 12.1 Å². The van der Waals surface area contributed by atoms with Crippen molar-refractivity contribution in [1.29, 1.82) is 0 Å². The van der Waals surface area contributed by atoms with E-state index in [9.17, 15) is 0 Å². The summed E-state index contributed by atoms with van der Waals surface area (Å²) in [5.74, 6) is 3.08. The van der Waals surface area contributed by atoms with Crippen LogP contribution in [0.15, 0.2) is 36.4 Å². The first kappa shape index (κ1) is 22.1. The Morgan fingerprint density at radius 1 is 0.931 bits per heavy atom. The Hall–Kier alpha value is -1.62. The minimum absolute atomic E-state index is 0.534. The summed E-state index contributed by atoms with van der Waals surface area (Å²) >= 11 is 12.0. The maximum atomic E-state index is 6.03. The molecule has 0 aliphatic carbocycles. The van der Waals surface area contributed by atoms with E-state index in [1.165, 1.54) is 18.4 Å². The maximum absolute atomic E-state index is 6.03. The van der Waals surface area contributed by atoms with Crippen molar-refractivity contribution in [1.82, 2.24) is 4.90 Å². The Bertz CT molecular complexity index is 792. The van der Waals surface area contributed by atoms with E-state index in [0.717, 1.165) is 55.6 Å². The number of nitrogens with zero attached hydrogens (tertiary/aromatic N) is 1. The van der Waals surface area contributed by atoms with Crippen LogP contribution in [0.4, 0.5) is 0 Å². The van der Waals surface area contributed by atoms with Crippen molar-refractivity contribution in [3.05, 3.63) is 52.0 Å². The number of benzene rings is 2. The molecule has 1 aliphatic heterocycles. The summed E-state index contributed by atoms with van der Waals surface area (Å²) in [6, 6.07) is 11.6. The Morgan fingerprint density at radius 2 is 1.69 bits per heavy atom. The number of methoxy groups -OCH3 is 2. The minimum atomic E-state index is 0.534. The second-order valence-electron chi connectivity index (χ2n) is 7.44. The fourth-order valence-electron chi connectivity index (χ4n) is 3.73. The molecule has 2 aromatic carbocycles. The second-order valence-corrected chi connectivity index (χ2v) is 8.25. The first-order chi connectivity index (χ1) is 14.1.